The maximum Gasteiger partial charge on any atom is 0.251 e. The molecule has 6 heteroatoms. The number of nitrogens with one attached hydrogen (secondary N) is 1. The molecule has 2 aromatic rings. The monoisotopic (exact) mass is 312 g/mol. The summed E-state index contributed by atoms with van der Waals surface area (Å²) < 4.78 is 13.3. The molecule has 2 rings (SSSR count). The quantitative estimate of drug-likeness (QED) is 0.901. The van der Waals surface area contributed by atoms with Crippen molar-refractivity contribution in [3.8, 4) is 0 Å². The first-order chi connectivity index (χ1) is 9.47. The minimum atomic E-state index is -0.805. The van der Waals surface area contributed by atoms with Crippen LogP contribution in [0.25, 0.3) is 0 Å². The number of hydrogen-bond acceptors (Lipinski definition) is 2. The lowest BCUT2D eigenvalue weighted by molar-refractivity contribution is 0.0996. The van der Waals surface area contributed by atoms with Crippen LogP contribution in [-0.4, -0.2) is 5.91 Å². The van der Waals surface area contributed by atoms with E-state index in [1.165, 1.54) is 18.2 Å². The van der Waals surface area contributed by atoms with Crippen molar-refractivity contribution >= 4 is 34.8 Å². The van der Waals surface area contributed by atoms with E-state index in [4.69, 9.17) is 28.9 Å². The van der Waals surface area contributed by atoms with Crippen LogP contribution >= 0.6 is 23.2 Å². The topological polar surface area (TPSA) is 55.1 Å². The van der Waals surface area contributed by atoms with E-state index in [1.54, 1.807) is 12.1 Å². The number of carbonyl (C=O) groups excluding carboxylic acids is 1. The molecule has 0 fully saturated rings. The second-order valence-electron chi connectivity index (χ2n) is 4.16. The Morgan fingerprint density at radius 1 is 1.15 bits per heavy atom. The molecule has 0 aliphatic carbocycles. The zero-order chi connectivity index (χ0) is 14.7. The predicted octanol–water partition coefficient (Wildman–Crippen LogP) is 3.84. The van der Waals surface area contributed by atoms with E-state index in [9.17, 15) is 9.18 Å². The highest BCUT2D eigenvalue weighted by Crippen LogP contribution is 2.23. The third kappa shape index (κ3) is 3.40. The molecule has 0 heterocycles. The molecule has 0 aromatic heterocycles. The van der Waals surface area contributed by atoms with Crippen molar-refractivity contribution in [3.05, 3.63) is 63.4 Å². The molecule has 104 valence electrons. The van der Waals surface area contributed by atoms with Gasteiger partial charge in [-0.1, -0.05) is 29.3 Å². The van der Waals surface area contributed by atoms with E-state index < -0.39 is 11.7 Å². The number of carbonyl (C=O) groups is 1. The fourth-order valence-electron chi connectivity index (χ4n) is 1.68. The number of nitrogens with two attached hydrogens (primary N) is 1. The Labute approximate surface area is 125 Å². The number of rotatable bonds is 4. The number of primary amides is 1. The molecule has 0 saturated heterocycles. The summed E-state index contributed by atoms with van der Waals surface area (Å²) in [6, 6.07) is 9.33. The van der Waals surface area contributed by atoms with Gasteiger partial charge in [-0.15, -0.1) is 0 Å². The van der Waals surface area contributed by atoms with Crippen molar-refractivity contribution in [1.82, 2.24) is 0 Å². The van der Waals surface area contributed by atoms with E-state index in [0.29, 0.717) is 22.3 Å². The molecule has 3 nitrogen and oxygen atoms in total. The van der Waals surface area contributed by atoms with Gasteiger partial charge in [0.2, 0.25) is 0 Å². The molecule has 0 aliphatic heterocycles. The van der Waals surface area contributed by atoms with E-state index >= 15 is 0 Å². The largest absolute Gasteiger partial charge is 0.381 e. The highest BCUT2D eigenvalue weighted by atomic mass is 35.5. The van der Waals surface area contributed by atoms with Crippen molar-refractivity contribution in [2.45, 2.75) is 6.54 Å². The Bertz CT molecular complexity index is 662. The molecule has 0 bridgehead atoms. The van der Waals surface area contributed by atoms with Gasteiger partial charge >= 0.3 is 0 Å². The molecule has 2 aromatic carbocycles. The fraction of sp³-hybridized carbons (Fsp3) is 0.0714. The normalized spacial score (nSPS) is 10.3. The van der Waals surface area contributed by atoms with Gasteiger partial charge in [-0.05, 0) is 35.9 Å². The van der Waals surface area contributed by atoms with Gasteiger partial charge in [0, 0.05) is 12.2 Å². The maximum absolute atomic E-state index is 13.3. The Kier molecular flexibility index (Phi) is 4.47. The van der Waals surface area contributed by atoms with Crippen LogP contribution in [0.2, 0.25) is 10.0 Å². The molecular weight excluding hydrogens is 302 g/mol. The van der Waals surface area contributed by atoms with Gasteiger partial charge in [0.25, 0.3) is 5.91 Å². The van der Waals surface area contributed by atoms with E-state index in [0.717, 1.165) is 5.56 Å². The first-order valence-corrected chi connectivity index (χ1v) is 6.50. The van der Waals surface area contributed by atoms with E-state index in [1.807, 2.05) is 6.07 Å². The Morgan fingerprint density at radius 3 is 2.55 bits per heavy atom. The summed E-state index contributed by atoms with van der Waals surface area (Å²) in [4.78, 5) is 11.1. The summed E-state index contributed by atoms with van der Waals surface area (Å²) in [7, 11) is 0. The highest BCUT2D eigenvalue weighted by molar-refractivity contribution is 6.42. The van der Waals surface area contributed by atoms with Crippen molar-refractivity contribution in [1.29, 1.82) is 0 Å². The number of amides is 1. The first kappa shape index (κ1) is 14.6. The lowest BCUT2D eigenvalue weighted by Gasteiger charge is -2.09. The summed E-state index contributed by atoms with van der Waals surface area (Å²) in [5.74, 6) is -1.45. The molecule has 20 heavy (non-hydrogen) atoms. The van der Waals surface area contributed by atoms with Gasteiger partial charge in [0.1, 0.15) is 5.82 Å². The van der Waals surface area contributed by atoms with Gasteiger partial charge in [-0.3, -0.25) is 4.79 Å². The van der Waals surface area contributed by atoms with Crippen molar-refractivity contribution in [2.75, 3.05) is 5.32 Å². The number of anilines is 1. The molecule has 0 spiro atoms. The summed E-state index contributed by atoms with van der Waals surface area (Å²) in [6.07, 6.45) is 0. The van der Waals surface area contributed by atoms with Crippen LogP contribution in [0, 0.1) is 5.82 Å². The van der Waals surface area contributed by atoms with Crippen LogP contribution in [0.5, 0.6) is 0 Å². The molecule has 1 amide bonds. The molecule has 0 saturated carbocycles. The molecule has 0 atom stereocenters. The van der Waals surface area contributed by atoms with Crippen LogP contribution in [0.15, 0.2) is 36.4 Å². The summed E-state index contributed by atoms with van der Waals surface area (Å²) >= 11 is 11.7. The maximum atomic E-state index is 13.3. The molecule has 0 radical (unpaired) electrons. The Balaban J connectivity index is 2.12. The summed E-state index contributed by atoms with van der Waals surface area (Å²) in [6.45, 7) is 0.459. The molecular formula is C14H11Cl2FN2O. The minimum Gasteiger partial charge on any atom is -0.381 e. The van der Waals surface area contributed by atoms with Crippen LogP contribution in [-0.2, 0) is 6.54 Å². The minimum absolute atomic E-state index is 0.149. The highest BCUT2D eigenvalue weighted by Gasteiger charge is 2.09. The number of benzene rings is 2. The average Bonchev–Trinajstić information content (AvgIpc) is 2.41. The van der Waals surface area contributed by atoms with Gasteiger partial charge in [0.05, 0.1) is 15.6 Å². The lowest BCUT2D eigenvalue weighted by Crippen LogP contribution is -2.13. The number of hydrogen-bond donors (Lipinski definition) is 2. The van der Waals surface area contributed by atoms with Crippen LogP contribution in [0.1, 0.15) is 15.9 Å². The van der Waals surface area contributed by atoms with Gasteiger partial charge in [-0.2, -0.15) is 0 Å². The molecule has 0 aliphatic rings. The van der Waals surface area contributed by atoms with Crippen molar-refractivity contribution in [2.24, 2.45) is 5.73 Å². The zero-order valence-corrected chi connectivity index (χ0v) is 11.8. The average molecular weight is 313 g/mol. The lowest BCUT2D eigenvalue weighted by atomic mass is 10.1. The zero-order valence-electron chi connectivity index (χ0n) is 10.3. The third-order valence-electron chi connectivity index (χ3n) is 2.71. The van der Waals surface area contributed by atoms with Crippen LogP contribution < -0.4 is 11.1 Å². The van der Waals surface area contributed by atoms with E-state index in [2.05, 4.69) is 5.32 Å². The first-order valence-electron chi connectivity index (χ1n) is 5.74. The fourth-order valence-corrected chi connectivity index (χ4v) is 2.00. The van der Waals surface area contributed by atoms with E-state index in [-0.39, 0.29) is 5.56 Å². The van der Waals surface area contributed by atoms with Gasteiger partial charge in [-0.25, -0.2) is 4.39 Å². The number of halogens is 3. The SMILES string of the molecule is NC(=O)c1cc(NCc2ccc(Cl)c(Cl)c2)ccc1F. The Morgan fingerprint density at radius 2 is 1.90 bits per heavy atom. The third-order valence-corrected chi connectivity index (χ3v) is 3.45. The van der Waals surface area contributed by atoms with Crippen LogP contribution in [0.4, 0.5) is 10.1 Å². The van der Waals surface area contributed by atoms with Crippen LogP contribution in [0.3, 0.4) is 0 Å². The Hall–Kier alpha value is -1.78. The van der Waals surface area contributed by atoms with Crippen molar-refractivity contribution < 1.29 is 9.18 Å². The van der Waals surface area contributed by atoms with Gasteiger partial charge < -0.3 is 11.1 Å². The van der Waals surface area contributed by atoms with Gasteiger partial charge in [0.15, 0.2) is 0 Å². The van der Waals surface area contributed by atoms with Crippen molar-refractivity contribution in [3.63, 3.8) is 0 Å². The smallest absolute Gasteiger partial charge is 0.251 e. The predicted molar refractivity (Wildman–Crippen MR) is 78.7 cm³/mol. The summed E-state index contributed by atoms with van der Waals surface area (Å²) in [5, 5.41) is 3.99. The standard InChI is InChI=1S/C14H11Cl2FN2O/c15-11-3-1-8(5-12(11)16)7-19-9-2-4-13(17)10(6-9)14(18)20/h1-6,19H,7H2,(H2,18,20). The second kappa shape index (κ2) is 6.11. The second-order valence-corrected chi connectivity index (χ2v) is 4.98. The molecule has 3 N–H and O–H groups in total. The molecule has 0 unspecified atom stereocenters. The summed E-state index contributed by atoms with van der Waals surface area (Å²) in [5.41, 5.74) is 6.44.